The Morgan fingerprint density at radius 1 is 1.10 bits per heavy atom. The number of amides is 1. The first kappa shape index (κ1) is 21.1. The molecule has 3 fully saturated rings. The molecule has 0 radical (unpaired) electrons. The summed E-state index contributed by atoms with van der Waals surface area (Å²) in [6, 6.07) is 0. The molecule has 0 bridgehead atoms. The molecular formula is C22H35NO6. The lowest BCUT2D eigenvalue weighted by molar-refractivity contribution is -0.158. The van der Waals surface area contributed by atoms with Crippen LogP contribution in [-0.2, 0) is 23.7 Å². The van der Waals surface area contributed by atoms with E-state index in [1.165, 1.54) is 6.42 Å². The third-order valence-electron chi connectivity index (χ3n) is 6.74. The van der Waals surface area contributed by atoms with Crippen LogP contribution in [0.4, 0.5) is 0 Å². The van der Waals surface area contributed by atoms with Gasteiger partial charge in [-0.25, -0.2) is 0 Å². The molecule has 3 heterocycles. The summed E-state index contributed by atoms with van der Waals surface area (Å²) in [7, 11) is 0. The zero-order valence-corrected chi connectivity index (χ0v) is 17.3. The zero-order valence-electron chi connectivity index (χ0n) is 17.3. The fourth-order valence-corrected chi connectivity index (χ4v) is 5.05. The third kappa shape index (κ3) is 5.32. The summed E-state index contributed by atoms with van der Waals surface area (Å²) in [6.45, 7) is 2.73. The number of unbranched alkanes of at least 4 members (excludes halogenated alkanes) is 1. The smallest absolute Gasteiger partial charge is 0.288 e. The van der Waals surface area contributed by atoms with Gasteiger partial charge in [0.05, 0.1) is 18.8 Å². The third-order valence-corrected chi connectivity index (χ3v) is 6.74. The molecule has 1 saturated carbocycles. The Kier molecular flexibility index (Phi) is 7.45. The van der Waals surface area contributed by atoms with Gasteiger partial charge in [0.15, 0.2) is 5.76 Å². The first-order chi connectivity index (χ1) is 14.2. The van der Waals surface area contributed by atoms with Crippen LogP contribution >= 0.6 is 0 Å². The maximum atomic E-state index is 13.1. The number of likely N-dealkylation sites (tertiary alicyclic amines) is 1. The maximum Gasteiger partial charge on any atom is 0.288 e. The Morgan fingerprint density at radius 2 is 1.93 bits per heavy atom. The van der Waals surface area contributed by atoms with Crippen LogP contribution in [0.15, 0.2) is 11.8 Å². The summed E-state index contributed by atoms with van der Waals surface area (Å²) in [4.78, 5) is 15.0. The molecule has 0 aromatic rings. The normalized spacial score (nSPS) is 35.0. The van der Waals surface area contributed by atoms with Crippen molar-refractivity contribution in [3.8, 4) is 0 Å². The van der Waals surface area contributed by atoms with Crippen molar-refractivity contribution in [2.75, 3.05) is 33.1 Å². The molecule has 29 heavy (non-hydrogen) atoms. The molecule has 1 amide bonds. The average molecular weight is 410 g/mol. The van der Waals surface area contributed by atoms with Crippen LogP contribution in [0.25, 0.3) is 0 Å². The number of hydrogen-bond acceptors (Lipinski definition) is 6. The number of carbonyl (C=O) groups is 1. The monoisotopic (exact) mass is 409 g/mol. The Labute approximate surface area is 173 Å². The van der Waals surface area contributed by atoms with Gasteiger partial charge < -0.3 is 29.0 Å². The minimum atomic E-state index is -0.397. The number of aliphatic hydroxyl groups is 1. The number of ether oxygens (including phenoxy) is 4. The summed E-state index contributed by atoms with van der Waals surface area (Å²) < 4.78 is 23.4. The van der Waals surface area contributed by atoms with E-state index in [2.05, 4.69) is 6.08 Å². The summed E-state index contributed by atoms with van der Waals surface area (Å²) in [5, 5.41) is 8.98. The second-order valence-electron chi connectivity index (χ2n) is 8.73. The minimum absolute atomic E-state index is 0.00694. The van der Waals surface area contributed by atoms with Gasteiger partial charge in [0.2, 0.25) is 6.29 Å². The van der Waals surface area contributed by atoms with Crippen LogP contribution in [0.3, 0.4) is 0 Å². The van der Waals surface area contributed by atoms with Gasteiger partial charge in [-0.05, 0) is 69.3 Å². The van der Waals surface area contributed by atoms with E-state index in [-0.39, 0.29) is 30.6 Å². The molecule has 3 unspecified atom stereocenters. The van der Waals surface area contributed by atoms with Crippen molar-refractivity contribution in [1.82, 2.24) is 4.90 Å². The fourth-order valence-electron chi connectivity index (χ4n) is 5.05. The predicted octanol–water partition coefficient (Wildman–Crippen LogP) is 2.58. The van der Waals surface area contributed by atoms with Crippen molar-refractivity contribution in [3.05, 3.63) is 11.8 Å². The Morgan fingerprint density at radius 3 is 2.76 bits per heavy atom. The minimum Gasteiger partial charge on any atom is -0.459 e. The molecule has 7 heteroatoms. The highest BCUT2D eigenvalue weighted by atomic mass is 16.7. The topological polar surface area (TPSA) is 77.5 Å². The SMILES string of the molecule is O=C(C1=C[C@H](C2CCC3OCOC3C2)C[C@H](OCCCCO)O1)N1CCCCC1. The second kappa shape index (κ2) is 10.2. The number of carbonyl (C=O) groups excluding carboxylic acids is 1. The number of rotatable bonds is 7. The zero-order chi connectivity index (χ0) is 20.1. The number of aliphatic hydroxyl groups excluding tert-OH is 1. The van der Waals surface area contributed by atoms with Crippen molar-refractivity contribution in [2.45, 2.75) is 76.3 Å². The van der Waals surface area contributed by atoms with Crippen LogP contribution < -0.4 is 0 Å². The number of nitrogens with zero attached hydrogens (tertiary/aromatic N) is 1. The van der Waals surface area contributed by atoms with Crippen molar-refractivity contribution in [1.29, 1.82) is 0 Å². The lowest BCUT2D eigenvalue weighted by atomic mass is 9.75. The predicted molar refractivity (Wildman–Crippen MR) is 106 cm³/mol. The molecule has 5 atom stereocenters. The summed E-state index contributed by atoms with van der Waals surface area (Å²) in [6.07, 6.45) is 10.7. The van der Waals surface area contributed by atoms with E-state index >= 15 is 0 Å². The molecule has 0 spiro atoms. The summed E-state index contributed by atoms with van der Waals surface area (Å²) in [5.41, 5.74) is 0. The number of allylic oxidation sites excluding steroid dienone is 1. The van der Waals surface area contributed by atoms with E-state index in [0.717, 1.165) is 58.0 Å². The standard InChI is InChI=1S/C22H35NO6/c24-10-4-5-11-26-21-14-17(16-6-7-18-19(12-16)28-15-27-18)13-20(29-21)22(25)23-8-2-1-3-9-23/h13,16-19,21,24H,1-12,14-15H2/t16?,17-,18?,19?,21+/m0/s1. The maximum absolute atomic E-state index is 13.1. The van der Waals surface area contributed by atoms with Gasteiger partial charge in [-0.2, -0.15) is 0 Å². The van der Waals surface area contributed by atoms with E-state index in [1.807, 2.05) is 4.90 Å². The van der Waals surface area contributed by atoms with Gasteiger partial charge >= 0.3 is 0 Å². The highest BCUT2D eigenvalue weighted by Crippen LogP contribution is 2.40. The molecule has 3 aliphatic heterocycles. The Balaban J connectivity index is 1.43. The molecular weight excluding hydrogens is 374 g/mol. The van der Waals surface area contributed by atoms with Crippen LogP contribution in [0.5, 0.6) is 0 Å². The first-order valence-corrected chi connectivity index (χ1v) is 11.4. The first-order valence-electron chi connectivity index (χ1n) is 11.4. The van der Waals surface area contributed by atoms with Crippen molar-refractivity contribution >= 4 is 5.91 Å². The molecule has 1 N–H and O–H groups in total. The second-order valence-corrected chi connectivity index (χ2v) is 8.73. The lowest BCUT2D eigenvalue weighted by Gasteiger charge is -2.38. The molecule has 7 nitrogen and oxygen atoms in total. The van der Waals surface area contributed by atoms with E-state index in [1.54, 1.807) is 0 Å². The molecule has 1 aliphatic carbocycles. The van der Waals surface area contributed by atoms with Crippen LogP contribution in [0, 0.1) is 11.8 Å². The molecule has 4 aliphatic rings. The van der Waals surface area contributed by atoms with Crippen molar-refractivity contribution in [2.24, 2.45) is 11.8 Å². The highest BCUT2D eigenvalue weighted by molar-refractivity contribution is 5.91. The van der Waals surface area contributed by atoms with Crippen LogP contribution in [-0.4, -0.2) is 67.5 Å². The van der Waals surface area contributed by atoms with Crippen molar-refractivity contribution < 1.29 is 28.8 Å². The molecule has 0 aromatic carbocycles. The van der Waals surface area contributed by atoms with Crippen LogP contribution in [0.1, 0.15) is 57.8 Å². The summed E-state index contributed by atoms with van der Waals surface area (Å²) in [5.74, 6) is 1.17. The van der Waals surface area contributed by atoms with E-state index in [0.29, 0.717) is 31.5 Å². The van der Waals surface area contributed by atoms with Gasteiger partial charge in [0.1, 0.15) is 6.79 Å². The summed E-state index contributed by atoms with van der Waals surface area (Å²) >= 11 is 0. The fraction of sp³-hybridized carbons (Fsp3) is 0.864. The highest BCUT2D eigenvalue weighted by Gasteiger charge is 2.41. The number of hydrogen-bond donors (Lipinski definition) is 1. The van der Waals surface area contributed by atoms with Gasteiger partial charge in [0.25, 0.3) is 5.91 Å². The molecule has 4 rings (SSSR count). The molecule has 0 aromatic heterocycles. The van der Waals surface area contributed by atoms with Gasteiger partial charge in [0, 0.05) is 26.1 Å². The largest absolute Gasteiger partial charge is 0.459 e. The molecule has 2 saturated heterocycles. The Bertz CT molecular complexity index is 576. The number of piperidine rings is 1. The van der Waals surface area contributed by atoms with Gasteiger partial charge in [-0.3, -0.25) is 4.79 Å². The Hall–Kier alpha value is -1.15. The van der Waals surface area contributed by atoms with E-state index in [9.17, 15) is 4.79 Å². The van der Waals surface area contributed by atoms with E-state index in [4.69, 9.17) is 24.1 Å². The average Bonchev–Trinajstić information content (AvgIpc) is 3.24. The molecule has 164 valence electrons. The van der Waals surface area contributed by atoms with Gasteiger partial charge in [-0.15, -0.1) is 0 Å². The van der Waals surface area contributed by atoms with Crippen LogP contribution in [0.2, 0.25) is 0 Å². The van der Waals surface area contributed by atoms with Gasteiger partial charge in [-0.1, -0.05) is 0 Å². The van der Waals surface area contributed by atoms with Crippen molar-refractivity contribution in [3.63, 3.8) is 0 Å². The lowest BCUT2D eigenvalue weighted by Crippen LogP contribution is -2.41. The van der Waals surface area contributed by atoms with E-state index < -0.39 is 6.29 Å². The number of fused-ring (bicyclic) bond motifs is 1. The quantitative estimate of drug-likeness (QED) is 0.651.